The van der Waals surface area contributed by atoms with Gasteiger partial charge >= 0.3 is 5.97 Å². The Labute approximate surface area is 152 Å². The molecule has 0 fully saturated rings. The lowest BCUT2D eigenvalue weighted by Crippen LogP contribution is -2.22. The zero-order chi connectivity index (χ0) is 18.3. The van der Waals surface area contributed by atoms with E-state index in [1.54, 1.807) is 14.2 Å². The third kappa shape index (κ3) is 5.13. The fourth-order valence-electron chi connectivity index (χ4n) is 2.73. The Bertz CT molecular complexity index is 597. The van der Waals surface area contributed by atoms with E-state index in [9.17, 15) is 9.90 Å². The van der Waals surface area contributed by atoms with Gasteiger partial charge < -0.3 is 14.6 Å². The van der Waals surface area contributed by atoms with Gasteiger partial charge in [-0.25, -0.2) is 0 Å². The topological polar surface area (TPSA) is 55.8 Å². The number of hydrogen-bond acceptors (Lipinski definition) is 3. The average molecular weight is 397 g/mol. The highest BCUT2D eigenvalue weighted by atomic mass is 79.9. The minimum absolute atomic E-state index is 0.357. The molecule has 24 heavy (non-hydrogen) atoms. The van der Waals surface area contributed by atoms with Crippen LogP contribution in [0.1, 0.15) is 38.2 Å². The van der Waals surface area contributed by atoms with Crippen LogP contribution in [0, 0.1) is 5.92 Å². The first-order valence-electron chi connectivity index (χ1n) is 7.77. The van der Waals surface area contributed by atoms with Crippen molar-refractivity contribution in [3.05, 3.63) is 46.5 Å². The van der Waals surface area contributed by atoms with Gasteiger partial charge in [-0.3, -0.25) is 4.79 Å². The van der Waals surface area contributed by atoms with Crippen molar-refractivity contribution in [1.29, 1.82) is 0 Å². The quantitative estimate of drug-likeness (QED) is 0.583. The Kier molecular flexibility index (Phi) is 8.05. The first-order chi connectivity index (χ1) is 11.3. The Balaban J connectivity index is 3.47. The summed E-state index contributed by atoms with van der Waals surface area (Å²) in [6, 6.07) is 3.65. The average Bonchev–Trinajstić information content (AvgIpc) is 2.52. The third-order valence-corrected chi connectivity index (χ3v) is 4.33. The van der Waals surface area contributed by atoms with Crippen molar-refractivity contribution in [1.82, 2.24) is 0 Å². The van der Waals surface area contributed by atoms with Gasteiger partial charge in [0, 0.05) is 16.0 Å². The number of carbonyl (C=O) groups is 1. The number of benzene rings is 1. The van der Waals surface area contributed by atoms with Crippen LogP contribution in [0.5, 0.6) is 11.5 Å². The second kappa shape index (κ2) is 9.52. The van der Waals surface area contributed by atoms with E-state index in [2.05, 4.69) is 22.5 Å². The molecular weight excluding hydrogens is 372 g/mol. The molecule has 0 amide bonds. The minimum atomic E-state index is -0.841. The van der Waals surface area contributed by atoms with Crippen molar-refractivity contribution in [2.24, 2.45) is 5.92 Å². The Morgan fingerprint density at radius 2 is 1.88 bits per heavy atom. The summed E-state index contributed by atoms with van der Waals surface area (Å²) >= 11 is 3.43. The van der Waals surface area contributed by atoms with E-state index in [-0.39, 0.29) is 5.92 Å². The van der Waals surface area contributed by atoms with Gasteiger partial charge in [0.1, 0.15) is 11.5 Å². The monoisotopic (exact) mass is 396 g/mol. The SMILES string of the molecule is C=C(C)CCC(C(=O)O)C(/C=C/C)c1c(OC)cc(Br)cc1OC. The molecule has 0 aliphatic rings. The van der Waals surface area contributed by atoms with Crippen LogP contribution in [0.15, 0.2) is 40.9 Å². The Morgan fingerprint density at radius 1 is 1.33 bits per heavy atom. The molecule has 1 aromatic rings. The molecule has 2 unspecified atom stereocenters. The molecule has 1 rings (SSSR count). The second-order valence-electron chi connectivity index (χ2n) is 5.72. The molecule has 4 nitrogen and oxygen atoms in total. The summed E-state index contributed by atoms with van der Waals surface area (Å²) in [7, 11) is 3.14. The summed E-state index contributed by atoms with van der Waals surface area (Å²) in [4.78, 5) is 11.9. The van der Waals surface area contributed by atoms with Crippen LogP contribution in [0.3, 0.4) is 0 Å². The summed E-state index contributed by atoms with van der Waals surface area (Å²) in [5.74, 6) is -0.588. The zero-order valence-electron chi connectivity index (χ0n) is 14.6. The van der Waals surface area contributed by atoms with Gasteiger partial charge in [-0.2, -0.15) is 0 Å². The predicted molar refractivity (Wildman–Crippen MR) is 100.0 cm³/mol. The first kappa shape index (κ1) is 20.3. The molecule has 0 saturated carbocycles. The van der Waals surface area contributed by atoms with Gasteiger partial charge in [0.15, 0.2) is 0 Å². The maximum Gasteiger partial charge on any atom is 0.307 e. The molecule has 0 aliphatic heterocycles. The van der Waals surface area contributed by atoms with Gasteiger partial charge in [-0.05, 0) is 38.8 Å². The fourth-order valence-corrected chi connectivity index (χ4v) is 3.15. The first-order valence-corrected chi connectivity index (χ1v) is 8.56. The van der Waals surface area contributed by atoms with Crippen LogP contribution in [-0.2, 0) is 4.79 Å². The van der Waals surface area contributed by atoms with Crippen molar-refractivity contribution in [2.45, 2.75) is 32.6 Å². The van der Waals surface area contributed by atoms with Crippen LogP contribution in [0.4, 0.5) is 0 Å². The molecule has 0 spiro atoms. The maximum atomic E-state index is 11.9. The van der Waals surface area contributed by atoms with E-state index in [1.807, 2.05) is 38.1 Å². The molecule has 0 bridgehead atoms. The summed E-state index contributed by atoms with van der Waals surface area (Å²) in [5.41, 5.74) is 1.71. The van der Waals surface area contributed by atoms with E-state index < -0.39 is 11.9 Å². The lowest BCUT2D eigenvalue weighted by molar-refractivity contribution is -0.142. The van der Waals surface area contributed by atoms with Crippen LogP contribution in [0.25, 0.3) is 0 Å². The van der Waals surface area contributed by atoms with Gasteiger partial charge in [0.25, 0.3) is 0 Å². The Hall–Kier alpha value is -1.75. The van der Waals surface area contributed by atoms with Gasteiger partial charge in [0.2, 0.25) is 0 Å². The van der Waals surface area contributed by atoms with Crippen molar-refractivity contribution in [2.75, 3.05) is 14.2 Å². The molecule has 1 aromatic carbocycles. The summed E-state index contributed by atoms with van der Waals surface area (Å²) < 4.78 is 11.8. The number of carboxylic acid groups (broad SMARTS) is 1. The molecule has 2 atom stereocenters. The van der Waals surface area contributed by atoms with Crippen LogP contribution < -0.4 is 9.47 Å². The normalized spacial score (nSPS) is 13.5. The van der Waals surface area contributed by atoms with Gasteiger partial charge in [-0.15, -0.1) is 6.58 Å². The second-order valence-corrected chi connectivity index (χ2v) is 6.63. The zero-order valence-corrected chi connectivity index (χ0v) is 16.2. The fraction of sp³-hybridized carbons (Fsp3) is 0.421. The third-order valence-electron chi connectivity index (χ3n) is 3.87. The highest BCUT2D eigenvalue weighted by molar-refractivity contribution is 9.10. The number of rotatable bonds is 9. The summed E-state index contributed by atoms with van der Waals surface area (Å²) in [5, 5.41) is 9.77. The predicted octanol–water partition coefficient (Wildman–Crippen LogP) is 5.18. The van der Waals surface area contributed by atoms with E-state index >= 15 is 0 Å². The van der Waals surface area contributed by atoms with E-state index in [4.69, 9.17) is 9.47 Å². The van der Waals surface area contributed by atoms with Crippen molar-refractivity contribution in [3.63, 3.8) is 0 Å². The lowest BCUT2D eigenvalue weighted by atomic mass is 9.81. The number of hydrogen-bond donors (Lipinski definition) is 1. The number of carboxylic acids is 1. The maximum absolute atomic E-state index is 11.9. The van der Waals surface area contributed by atoms with E-state index in [0.29, 0.717) is 24.3 Å². The van der Waals surface area contributed by atoms with E-state index in [0.717, 1.165) is 15.6 Å². The summed E-state index contributed by atoms with van der Waals surface area (Å²) in [6.45, 7) is 7.66. The highest BCUT2D eigenvalue weighted by Crippen LogP contribution is 2.43. The summed E-state index contributed by atoms with van der Waals surface area (Å²) in [6.07, 6.45) is 4.92. The lowest BCUT2D eigenvalue weighted by Gasteiger charge is -2.25. The standard InChI is InChI=1S/C19H25BrO4/c1-6-7-14(15(19(21)22)9-8-12(2)3)18-16(23-4)10-13(20)11-17(18)24-5/h6-7,10-11,14-15H,2,8-9H2,1,3-5H3,(H,21,22)/b7-6+. The molecule has 0 aromatic heterocycles. The largest absolute Gasteiger partial charge is 0.496 e. The van der Waals surface area contributed by atoms with Crippen LogP contribution in [0.2, 0.25) is 0 Å². The molecule has 5 heteroatoms. The molecule has 1 N–H and O–H groups in total. The van der Waals surface area contributed by atoms with Crippen molar-refractivity contribution >= 4 is 21.9 Å². The number of ether oxygens (including phenoxy) is 2. The van der Waals surface area contributed by atoms with Crippen molar-refractivity contribution in [3.8, 4) is 11.5 Å². The molecular formula is C19H25BrO4. The molecule has 0 aliphatic carbocycles. The number of methoxy groups -OCH3 is 2. The van der Waals surface area contributed by atoms with Gasteiger partial charge in [0.05, 0.1) is 20.1 Å². The smallest absolute Gasteiger partial charge is 0.307 e. The van der Waals surface area contributed by atoms with Crippen LogP contribution >= 0.6 is 15.9 Å². The molecule has 0 saturated heterocycles. The number of aliphatic carboxylic acids is 1. The molecule has 0 radical (unpaired) electrons. The molecule has 132 valence electrons. The van der Waals surface area contributed by atoms with E-state index in [1.165, 1.54) is 0 Å². The van der Waals surface area contributed by atoms with Crippen LogP contribution in [-0.4, -0.2) is 25.3 Å². The highest BCUT2D eigenvalue weighted by Gasteiger charge is 2.32. The molecule has 0 heterocycles. The Morgan fingerprint density at radius 3 is 2.25 bits per heavy atom. The number of allylic oxidation sites excluding steroid dienone is 3. The van der Waals surface area contributed by atoms with Gasteiger partial charge in [-0.1, -0.05) is 33.7 Å². The minimum Gasteiger partial charge on any atom is -0.496 e. The van der Waals surface area contributed by atoms with Crippen molar-refractivity contribution < 1.29 is 19.4 Å². The number of halogens is 1.